The van der Waals surface area contributed by atoms with E-state index in [9.17, 15) is 19.5 Å². The highest BCUT2D eigenvalue weighted by atomic mass is 32.1. The van der Waals surface area contributed by atoms with E-state index in [2.05, 4.69) is 35.9 Å². The molecule has 5 rings (SSSR count). The molecule has 0 spiro atoms. The number of esters is 1. The van der Waals surface area contributed by atoms with Crippen LogP contribution in [-0.4, -0.2) is 59.4 Å². The number of ether oxygens (including phenoxy) is 2. The summed E-state index contributed by atoms with van der Waals surface area (Å²) in [7, 11) is 1.43. The summed E-state index contributed by atoms with van der Waals surface area (Å²) in [4.78, 5) is 34.1. The molecule has 3 saturated carbocycles. The second kappa shape index (κ2) is 11.2. The van der Waals surface area contributed by atoms with E-state index in [0.29, 0.717) is 38.7 Å². The van der Waals surface area contributed by atoms with Crippen molar-refractivity contribution in [1.29, 1.82) is 0 Å². The first-order valence-corrected chi connectivity index (χ1v) is 13.4. The highest BCUT2D eigenvalue weighted by Gasteiger charge is 2.71. The minimum absolute atomic E-state index is 0.0463. The van der Waals surface area contributed by atoms with Gasteiger partial charge in [0.25, 0.3) is 0 Å². The smallest absolute Gasteiger partial charge is 0.305 e. The van der Waals surface area contributed by atoms with E-state index in [1.165, 1.54) is 7.11 Å². The monoisotopic (exact) mass is 528 g/mol. The van der Waals surface area contributed by atoms with Gasteiger partial charge in [0.1, 0.15) is 12.5 Å². The largest absolute Gasteiger partial charge is 0.466 e. The number of aliphatic hydroxyl groups excluding tert-OH is 2. The van der Waals surface area contributed by atoms with Crippen LogP contribution in [0.3, 0.4) is 0 Å². The van der Waals surface area contributed by atoms with Crippen LogP contribution in [0.15, 0.2) is 11.6 Å². The number of ketones is 1. The van der Waals surface area contributed by atoms with Crippen LogP contribution in [0.25, 0.3) is 0 Å². The molecule has 0 amide bonds. The van der Waals surface area contributed by atoms with E-state index in [0.717, 1.165) is 24.8 Å². The Labute approximate surface area is 218 Å². The Morgan fingerprint density at radius 3 is 2.42 bits per heavy atom. The fraction of sp³-hybridized carbons (Fsp3) is 0.815. The Balaban J connectivity index is 0.000000303. The molecule has 0 bridgehead atoms. The maximum atomic E-state index is 16.9. The molecule has 5 aliphatic rings. The first-order chi connectivity index (χ1) is 16.9. The van der Waals surface area contributed by atoms with Crippen LogP contribution >= 0.6 is 12.6 Å². The second-order valence-electron chi connectivity index (χ2n) is 11.5. The molecular formula is C27H41FO7S. The Kier molecular flexibility index (Phi) is 9.12. The molecule has 6 unspecified atom stereocenters. The first-order valence-electron chi connectivity index (χ1n) is 13.0. The third-order valence-electron chi connectivity index (χ3n) is 9.58. The summed E-state index contributed by atoms with van der Waals surface area (Å²) in [5.74, 6) is -0.255. The number of halogens is 1. The maximum Gasteiger partial charge on any atom is 0.305 e. The number of carbonyl (C=O) groups excluding carboxylic acids is 3. The van der Waals surface area contributed by atoms with Gasteiger partial charge in [-0.1, -0.05) is 26.3 Å². The lowest BCUT2D eigenvalue weighted by atomic mass is 9.43. The number of methoxy groups -OCH3 is 1. The summed E-state index contributed by atoms with van der Waals surface area (Å²) in [5.41, 5.74) is -2.03. The van der Waals surface area contributed by atoms with Crippen molar-refractivity contribution in [2.45, 2.75) is 83.9 Å². The number of aliphatic hydroxyl groups is 2. The third-order valence-corrected chi connectivity index (χ3v) is 9.89. The van der Waals surface area contributed by atoms with Crippen molar-refractivity contribution in [3.8, 4) is 0 Å². The minimum atomic E-state index is -1.73. The second-order valence-corrected chi connectivity index (χ2v) is 11.9. The van der Waals surface area contributed by atoms with E-state index in [1.807, 2.05) is 6.92 Å². The molecule has 204 valence electrons. The number of carbonyl (C=O) groups is 3. The summed E-state index contributed by atoms with van der Waals surface area (Å²) >= 11 is 4.09. The standard InChI is InChI=1S/C21H29FO3S.C4H6O2.C2H6O2/c1-11-8-16-13-4-5-14(18(25)26)19(13,2)10-17(24)21(16,22)20(3)7-6-12(23)9-15(11)20;5-4-2-1-3-6-4;1-4-2-3/h9,11,13-14,16-17,24H,4-8,10H2,1-3H3,(H,25,26);1-3H2;3H,2H2,1H3/t11-,13?,14?,16?,17?,19?,20?,21-;;/m0../s1. The quantitative estimate of drug-likeness (QED) is 0.284. The van der Waals surface area contributed by atoms with Crippen molar-refractivity contribution in [3.05, 3.63) is 11.6 Å². The third kappa shape index (κ3) is 4.93. The number of thiol groups is 1. The van der Waals surface area contributed by atoms with Gasteiger partial charge in [-0.25, -0.2) is 4.39 Å². The summed E-state index contributed by atoms with van der Waals surface area (Å²) in [6.45, 7) is 6.50. The molecule has 7 nitrogen and oxygen atoms in total. The molecule has 1 aliphatic heterocycles. The first kappa shape index (κ1) is 29.3. The average molecular weight is 529 g/mol. The van der Waals surface area contributed by atoms with Crippen molar-refractivity contribution >= 4 is 29.5 Å². The van der Waals surface area contributed by atoms with Crippen LogP contribution in [0.1, 0.15) is 72.1 Å². The SMILES string of the molecule is COCO.C[C@H]1CC2C3CCC(C(=O)S)C3(C)CC(O)[C@]2(F)C2(C)CCC(=O)C=C12.O=C1CCCO1. The molecule has 9 heteroatoms. The van der Waals surface area contributed by atoms with Crippen LogP contribution in [0.4, 0.5) is 4.39 Å². The molecule has 1 saturated heterocycles. The number of cyclic esters (lactones) is 1. The van der Waals surface area contributed by atoms with Crippen molar-refractivity contribution in [2.24, 2.45) is 34.5 Å². The lowest BCUT2D eigenvalue weighted by Gasteiger charge is -2.64. The average Bonchev–Trinajstić information content (AvgIpc) is 3.44. The number of rotatable bonds is 2. The van der Waals surface area contributed by atoms with Gasteiger partial charge in [0.05, 0.1) is 12.7 Å². The Morgan fingerprint density at radius 2 is 1.92 bits per heavy atom. The molecule has 0 aromatic heterocycles. The Bertz CT molecular complexity index is 883. The highest BCUT2D eigenvalue weighted by Crippen LogP contribution is 2.70. The zero-order chi connectivity index (χ0) is 26.9. The number of alkyl halides is 1. The number of fused-ring (bicyclic) bond motifs is 5. The molecule has 36 heavy (non-hydrogen) atoms. The van der Waals surface area contributed by atoms with E-state index in [4.69, 9.17) is 5.11 Å². The predicted molar refractivity (Wildman–Crippen MR) is 135 cm³/mol. The van der Waals surface area contributed by atoms with E-state index >= 15 is 4.39 Å². The highest BCUT2D eigenvalue weighted by molar-refractivity contribution is 7.96. The molecule has 0 aromatic carbocycles. The Morgan fingerprint density at radius 1 is 1.25 bits per heavy atom. The van der Waals surface area contributed by atoms with E-state index in [1.54, 1.807) is 6.08 Å². The zero-order valence-electron chi connectivity index (χ0n) is 21.8. The van der Waals surface area contributed by atoms with Crippen molar-refractivity contribution < 1.29 is 38.5 Å². The van der Waals surface area contributed by atoms with E-state index in [-0.39, 0.29) is 52.7 Å². The molecule has 0 radical (unpaired) electrons. The van der Waals surface area contributed by atoms with Crippen LogP contribution < -0.4 is 0 Å². The maximum absolute atomic E-state index is 16.9. The fourth-order valence-corrected chi connectivity index (χ4v) is 8.27. The normalized spacial score (nSPS) is 42.9. The van der Waals surface area contributed by atoms with Gasteiger partial charge < -0.3 is 19.7 Å². The molecule has 2 N–H and O–H groups in total. The predicted octanol–water partition coefficient (Wildman–Crippen LogP) is 3.81. The van der Waals surface area contributed by atoms with E-state index < -0.39 is 17.2 Å². The topological polar surface area (TPSA) is 110 Å². The van der Waals surface area contributed by atoms with Crippen LogP contribution in [0.2, 0.25) is 0 Å². The van der Waals surface area contributed by atoms with Crippen molar-refractivity contribution in [1.82, 2.24) is 0 Å². The molecular weight excluding hydrogens is 487 g/mol. The summed E-state index contributed by atoms with van der Waals surface area (Å²) in [5, 5.41) is 18.6. The number of hydrogen-bond acceptors (Lipinski definition) is 7. The number of hydrogen-bond donors (Lipinski definition) is 3. The van der Waals surface area contributed by atoms with Gasteiger partial charge in [-0.2, -0.15) is 0 Å². The minimum Gasteiger partial charge on any atom is -0.466 e. The molecule has 0 aromatic rings. The van der Waals surface area contributed by atoms with Gasteiger partial charge in [0, 0.05) is 37.2 Å². The van der Waals surface area contributed by atoms with Gasteiger partial charge in [-0.3, -0.25) is 14.4 Å². The molecule has 4 aliphatic carbocycles. The summed E-state index contributed by atoms with van der Waals surface area (Å²) < 4.78 is 25.5. The van der Waals surface area contributed by atoms with Crippen LogP contribution in [0, 0.1) is 34.5 Å². The molecule has 4 fully saturated rings. The lowest BCUT2D eigenvalue weighted by molar-refractivity contribution is -0.213. The molecule has 1 heterocycles. The summed E-state index contributed by atoms with van der Waals surface area (Å²) in [6.07, 6.45) is 5.37. The van der Waals surface area contributed by atoms with Gasteiger partial charge in [0.15, 0.2) is 10.9 Å². The number of allylic oxidation sites excluding steroid dienone is 1. The van der Waals surface area contributed by atoms with Gasteiger partial charge >= 0.3 is 5.97 Å². The van der Waals surface area contributed by atoms with Crippen molar-refractivity contribution in [2.75, 3.05) is 20.5 Å². The van der Waals surface area contributed by atoms with Gasteiger partial charge in [0.2, 0.25) is 0 Å². The molecule has 8 atom stereocenters. The van der Waals surface area contributed by atoms with Gasteiger partial charge in [-0.15, -0.1) is 12.6 Å². The van der Waals surface area contributed by atoms with Gasteiger partial charge in [-0.05, 0) is 61.9 Å². The fourth-order valence-electron chi connectivity index (χ4n) is 7.85. The summed E-state index contributed by atoms with van der Waals surface area (Å²) in [6, 6.07) is 0. The zero-order valence-corrected chi connectivity index (χ0v) is 22.7. The van der Waals surface area contributed by atoms with Crippen LogP contribution in [-0.2, 0) is 23.9 Å². The lowest BCUT2D eigenvalue weighted by Crippen LogP contribution is -2.68. The Hall–Kier alpha value is -1.29. The van der Waals surface area contributed by atoms with Crippen LogP contribution in [0.5, 0.6) is 0 Å². The van der Waals surface area contributed by atoms with Crippen molar-refractivity contribution in [3.63, 3.8) is 0 Å².